The van der Waals surface area contributed by atoms with Crippen LogP contribution >= 0.6 is 46.1 Å². The zero-order valence-corrected chi connectivity index (χ0v) is 17.2. The minimum Gasteiger partial charge on any atom is -0.353 e. The van der Waals surface area contributed by atoms with Crippen molar-refractivity contribution in [2.75, 3.05) is 19.1 Å². The van der Waals surface area contributed by atoms with E-state index in [9.17, 15) is 4.79 Å². The fourth-order valence-corrected chi connectivity index (χ4v) is 9.50. The van der Waals surface area contributed by atoms with Gasteiger partial charge in [-0.1, -0.05) is 52.9 Å². The third-order valence-corrected chi connectivity index (χ3v) is 12.0. The Morgan fingerprint density at radius 1 is 1.26 bits per heavy atom. The van der Waals surface area contributed by atoms with E-state index in [2.05, 4.69) is 54.2 Å². The van der Waals surface area contributed by atoms with Crippen LogP contribution in [-0.2, 0) is 9.53 Å². The zero-order valence-electron chi connectivity index (χ0n) is 13.4. The number of hydrogen-bond donors (Lipinski definition) is 0. The van der Waals surface area contributed by atoms with E-state index in [4.69, 9.17) is 4.74 Å². The Hall–Kier alpha value is 0.0800. The minimum atomic E-state index is -0.465. The fourth-order valence-electron chi connectivity index (χ4n) is 4.52. The maximum Gasteiger partial charge on any atom is 0.244 e. The first kappa shape index (κ1) is 16.5. The molecule has 0 aromatic heterocycles. The van der Waals surface area contributed by atoms with Gasteiger partial charge in [0.1, 0.15) is 9.15 Å². The number of thioether (sulfide) groups is 2. The number of halogens is 1. The first-order valence-electron chi connectivity index (χ1n) is 7.76. The maximum absolute atomic E-state index is 13.5. The molecule has 1 amide bonds. The first-order chi connectivity index (χ1) is 10.9. The number of nitrogens with zero attached hydrogens (tertiary/aromatic N) is 1. The zero-order chi connectivity index (χ0) is 16.5. The molecule has 0 N–H and O–H groups in total. The molecule has 1 aliphatic carbocycles. The first-order valence-corrected chi connectivity index (χ1v) is 11.3. The number of benzene rings is 1. The number of alkyl halides is 1. The molecule has 124 valence electrons. The largest absolute Gasteiger partial charge is 0.353 e. The third-order valence-electron chi connectivity index (χ3n) is 5.85. The molecule has 1 saturated carbocycles. The Bertz CT molecular complexity index is 653. The van der Waals surface area contributed by atoms with Crippen LogP contribution < -0.4 is 0 Å². The number of carbonyl (C=O) groups excluding carboxylic acids is 1. The van der Waals surface area contributed by atoms with Gasteiger partial charge in [0.15, 0.2) is 0 Å². The molecular weight excluding hydrogens is 441 g/mol. The van der Waals surface area contributed by atoms with E-state index < -0.39 is 5.72 Å². The van der Waals surface area contributed by atoms with Crippen LogP contribution in [0, 0.1) is 5.92 Å². The fraction of sp³-hybridized carbons (Fsp3) is 0.588. The van der Waals surface area contributed by atoms with Crippen molar-refractivity contribution in [2.24, 2.45) is 5.92 Å². The summed E-state index contributed by atoms with van der Waals surface area (Å²) in [6, 6.07) is 10.3. The normalized spacial score (nSPS) is 40.7. The van der Waals surface area contributed by atoms with Crippen LogP contribution in [-0.4, -0.2) is 43.2 Å². The molecule has 4 atom stereocenters. The van der Waals surface area contributed by atoms with Crippen molar-refractivity contribution in [3.8, 4) is 0 Å². The van der Waals surface area contributed by atoms with E-state index >= 15 is 0 Å². The maximum atomic E-state index is 13.5. The molecule has 23 heavy (non-hydrogen) atoms. The molecule has 3 fully saturated rings. The van der Waals surface area contributed by atoms with Crippen LogP contribution in [0.4, 0.5) is 0 Å². The van der Waals surface area contributed by atoms with Gasteiger partial charge in [0.25, 0.3) is 0 Å². The standard InChI is InChI=1S/C17H20INO2S2/c1-15-13-9-16(22-2,23-3)17(13,18)14(20)19(15)12(10-21-15)11-7-5-4-6-8-11/h4-8,12-13H,9-10H2,1-3H3/t12-,13+,15-,17-/m1/s1. The number of ether oxygens (including phenoxy) is 1. The van der Waals surface area contributed by atoms with Crippen molar-refractivity contribution in [2.45, 2.75) is 32.6 Å². The van der Waals surface area contributed by atoms with Gasteiger partial charge in [-0.3, -0.25) is 4.79 Å². The van der Waals surface area contributed by atoms with Crippen molar-refractivity contribution in [3.05, 3.63) is 35.9 Å². The summed E-state index contributed by atoms with van der Waals surface area (Å²) in [4.78, 5) is 15.6. The number of hydrogen-bond acceptors (Lipinski definition) is 4. The van der Waals surface area contributed by atoms with E-state index in [1.54, 1.807) is 0 Å². The summed E-state index contributed by atoms with van der Waals surface area (Å²) in [5.41, 5.74) is 0.707. The molecule has 0 bridgehead atoms. The highest BCUT2D eigenvalue weighted by molar-refractivity contribution is 14.1. The number of fused-ring (bicyclic) bond motifs is 3. The average molecular weight is 461 g/mol. The molecule has 2 aliphatic heterocycles. The van der Waals surface area contributed by atoms with Gasteiger partial charge in [-0.05, 0) is 31.4 Å². The molecule has 3 aliphatic rings. The van der Waals surface area contributed by atoms with Gasteiger partial charge in [-0.25, -0.2) is 0 Å². The van der Waals surface area contributed by atoms with Crippen molar-refractivity contribution in [1.82, 2.24) is 4.90 Å². The lowest BCUT2D eigenvalue weighted by Crippen LogP contribution is -2.65. The van der Waals surface area contributed by atoms with Crippen LogP contribution in [0.15, 0.2) is 30.3 Å². The Balaban J connectivity index is 1.77. The molecular formula is C17H20INO2S2. The molecule has 6 heteroatoms. The van der Waals surface area contributed by atoms with E-state index in [1.165, 1.54) is 5.56 Å². The smallest absolute Gasteiger partial charge is 0.244 e. The van der Waals surface area contributed by atoms with Gasteiger partial charge < -0.3 is 9.64 Å². The van der Waals surface area contributed by atoms with Gasteiger partial charge in [0.05, 0.1) is 16.7 Å². The highest BCUT2D eigenvalue weighted by Gasteiger charge is 2.81. The molecule has 1 aromatic carbocycles. The van der Waals surface area contributed by atoms with Crippen molar-refractivity contribution >= 4 is 52.0 Å². The topological polar surface area (TPSA) is 29.5 Å². The minimum absolute atomic E-state index is 0.0345. The summed E-state index contributed by atoms with van der Waals surface area (Å²) in [6.07, 6.45) is 5.28. The van der Waals surface area contributed by atoms with Gasteiger partial charge in [0.2, 0.25) is 5.91 Å². The van der Waals surface area contributed by atoms with E-state index in [0.717, 1.165) is 6.42 Å². The van der Waals surface area contributed by atoms with Crippen molar-refractivity contribution in [1.29, 1.82) is 0 Å². The lowest BCUT2D eigenvalue weighted by atomic mass is 9.70. The second kappa shape index (κ2) is 5.29. The Labute approximate surface area is 159 Å². The predicted molar refractivity (Wildman–Crippen MR) is 105 cm³/mol. The van der Waals surface area contributed by atoms with E-state index in [0.29, 0.717) is 6.61 Å². The molecule has 2 saturated heterocycles. The van der Waals surface area contributed by atoms with Gasteiger partial charge in [-0.2, -0.15) is 0 Å². The van der Waals surface area contributed by atoms with E-state index in [-0.39, 0.29) is 25.4 Å². The quantitative estimate of drug-likeness (QED) is 0.388. The van der Waals surface area contributed by atoms with Crippen LogP contribution in [0.25, 0.3) is 0 Å². The average Bonchev–Trinajstić information content (AvgIpc) is 2.97. The van der Waals surface area contributed by atoms with Crippen LogP contribution in [0.5, 0.6) is 0 Å². The third kappa shape index (κ3) is 1.81. The second-order valence-electron chi connectivity index (χ2n) is 6.60. The summed E-state index contributed by atoms with van der Waals surface area (Å²) < 4.78 is 5.86. The number of amides is 1. The number of rotatable bonds is 3. The van der Waals surface area contributed by atoms with Crippen molar-refractivity contribution < 1.29 is 9.53 Å². The SMILES string of the molecule is CSC1(SC)C[C@H]2[C@@]3(C)OC[C@H](c4ccccc4)N3C(=O)[C@]21I. The number of carbonyl (C=O) groups is 1. The highest BCUT2D eigenvalue weighted by Crippen LogP contribution is 2.73. The Morgan fingerprint density at radius 2 is 1.91 bits per heavy atom. The molecule has 0 radical (unpaired) electrons. The van der Waals surface area contributed by atoms with Crippen molar-refractivity contribution in [3.63, 3.8) is 0 Å². The van der Waals surface area contributed by atoms with Gasteiger partial charge >= 0.3 is 0 Å². The Morgan fingerprint density at radius 3 is 2.52 bits per heavy atom. The molecule has 3 nitrogen and oxygen atoms in total. The lowest BCUT2D eigenvalue weighted by Gasteiger charge is -2.57. The van der Waals surface area contributed by atoms with Crippen LogP contribution in [0.2, 0.25) is 0 Å². The molecule has 0 unspecified atom stereocenters. The molecule has 4 rings (SSSR count). The summed E-state index contributed by atoms with van der Waals surface area (Å²) in [6.45, 7) is 2.71. The monoisotopic (exact) mass is 461 g/mol. The predicted octanol–water partition coefficient (Wildman–Crippen LogP) is 3.93. The summed E-state index contributed by atoms with van der Waals surface area (Å²) in [5, 5.41) is 0. The highest BCUT2D eigenvalue weighted by atomic mass is 127. The molecule has 0 spiro atoms. The summed E-state index contributed by atoms with van der Waals surface area (Å²) >= 11 is 6.08. The lowest BCUT2D eigenvalue weighted by molar-refractivity contribution is -0.138. The van der Waals surface area contributed by atoms with Gasteiger partial charge in [-0.15, -0.1) is 23.5 Å². The molecule has 1 aromatic rings. The van der Waals surface area contributed by atoms with Crippen LogP contribution in [0.3, 0.4) is 0 Å². The van der Waals surface area contributed by atoms with E-state index in [1.807, 2.05) is 46.6 Å². The molecule has 2 heterocycles. The Kier molecular flexibility index (Phi) is 3.80. The van der Waals surface area contributed by atoms with Crippen LogP contribution in [0.1, 0.15) is 24.9 Å². The second-order valence-corrected chi connectivity index (χ2v) is 10.8. The summed E-state index contributed by atoms with van der Waals surface area (Å²) in [7, 11) is 0. The summed E-state index contributed by atoms with van der Waals surface area (Å²) in [5.74, 6) is 0.517. The van der Waals surface area contributed by atoms with Gasteiger partial charge in [0, 0.05) is 5.92 Å².